The van der Waals surface area contributed by atoms with Crippen LogP contribution in [0.3, 0.4) is 0 Å². The van der Waals surface area contributed by atoms with Crippen LogP contribution in [0.2, 0.25) is 0 Å². The normalized spacial score (nSPS) is 12.1. The summed E-state index contributed by atoms with van der Waals surface area (Å²) in [7, 11) is 1.27. The number of ether oxygens (including phenoxy) is 1. The van der Waals surface area contributed by atoms with Gasteiger partial charge in [0.25, 0.3) is 0 Å². The molecule has 0 heterocycles. The number of benzene rings is 1. The standard InChI is InChI=1S/C24H34O4/c1-16(2)9-7-10-17(3)11-8-12-18(4)13-14-20-21(25)15-19(5)22(23(20)26)24(27)28-6/h9,11,13,15,25-26H,7-8,10,12,14H2,1-6H3. The Morgan fingerprint density at radius 1 is 1.00 bits per heavy atom. The van der Waals surface area contributed by atoms with Gasteiger partial charge in [0.05, 0.1) is 7.11 Å². The minimum Gasteiger partial charge on any atom is -0.508 e. The molecule has 154 valence electrons. The summed E-state index contributed by atoms with van der Waals surface area (Å²) < 4.78 is 4.73. The van der Waals surface area contributed by atoms with Crippen LogP contribution in [0, 0.1) is 6.92 Å². The van der Waals surface area contributed by atoms with Crippen LogP contribution in [0.5, 0.6) is 11.5 Å². The van der Waals surface area contributed by atoms with E-state index in [4.69, 9.17) is 4.74 Å². The summed E-state index contributed by atoms with van der Waals surface area (Å²) in [5.41, 5.74) is 4.86. The molecule has 4 nitrogen and oxygen atoms in total. The summed E-state index contributed by atoms with van der Waals surface area (Å²) in [6.45, 7) is 10.1. The molecule has 4 heteroatoms. The molecule has 0 unspecified atom stereocenters. The molecule has 28 heavy (non-hydrogen) atoms. The van der Waals surface area contributed by atoms with Gasteiger partial charge < -0.3 is 14.9 Å². The zero-order valence-electron chi connectivity index (χ0n) is 18.1. The van der Waals surface area contributed by atoms with Crippen molar-refractivity contribution in [2.45, 2.75) is 66.7 Å². The van der Waals surface area contributed by atoms with Crippen LogP contribution in [0.4, 0.5) is 0 Å². The first-order valence-electron chi connectivity index (χ1n) is 9.74. The Balaban J connectivity index is 2.75. The van der Waals surface area contributed by atoms with Crippen molar-refractivity contribution in [3.05, 3.63) is 57.7 Å². The quantitative estimate of drug-likeness (QED) is 0.394. The lowest BCUT2D eigenvalue weighted by atomic mass is 9.98. The van der Waals surface area contributed by atoms with Gasteiger partial charge in [0.15, 0.2) is 0 Å². The first-order chi connectivity index (χ1) is 13.2. The second kappa shape index (κ2) is 11.4. The average molecular weight is 387 g/mol. The minimum atomic E-state index is -0.606. The monoisotopic (exact) mass is 386 g/mol. The molecule has 1 aromatic carbocycles. The van der Waals surface area contributed by atoms with Gasteiger partial charge in [-0.15, -0.1) is 0 Å². The summed E-state index contributed by atoms with van der Waals surface area (Å²) in [4.78, 5) is 11.9. The Bertz CT molecular complexity index is 778. The molecule has 0 spiro atoms. The molecule has 0 atom stereocenters. The van der Waals surface area contributed by atoms with Crippen LogP contribution < -0.4 is 0 Å². The molecule has 1 rings (SSSR count). The second-order valence-corrected chi connectivity index (χ2v) is 7.57. The van der Waals surface area contributed by atoms with Gasteiger partial charge in [-0.25, -0.2) is 4.79 Å². The second-order valence-electron chi connectivity index (χ2n) is 7.57. The molecule has 0 amide bonds. The number of carbonyl (C=O) groups is 1. The van der Waals surface area contributed by atoms with Gasteiger partial charge in [-0.05, 0) is 78.4 Å². The highest BCUT2D eigenvalue weighted by atomic mass is 16.5. The van der Waals surface area contributed by atoms with Crippen LogP contribution in [0.1, 0.15) is 74.9 Å². The van der Waals surface area contributed by atoms with E-state index in [0.717, 1.165) is 25.7 Å². The van der Waals surface area contributed by atoms with Crippen LogP contribution in [0.25, 0.3) is 0 Å². The lowest BCUT2D eigenvalue weighted by Gasteiger charge is -2.12. The van der Waals surface area contributed by atoms with Crippen molar-refractivity contribution >= 4 is 5.97 Å². The predicted octanol–water partition coefficient (Wildman–Crippen LogP) is 6.15. The van der Waals surface area contributed by atoms with E-state index in [-0.39, 0.29) is 17.1 Å². The number of hydrogen-bond acceptors (Lipinski definition) is 4. The smallest absolute Gasteiger partial charge is 0.341 e. The van der Waals surface area contributed by atoms with Gasteiger partial charge in [0.2, 0.25) is 0 Å². The van der Waals surface area contributed by atoms with E-state index >= 15 is 0 Å². The summed E-state index contributed by atoms with van der Waals surface area (Å²) in [5, 5.41) is 20.6. The summed E-state index contributed by atoms with van der Waals surface area (Å²) in [5.74, 6) is -0.823. The predicted molar refractivity (Wildman–Crippen MR) is 115 cm³/mol. The maximum atomic E-state index is 11.9. The molecule has 0 aliphatic rings. The molecule has 0 saturated heterocycles. The van der Waals surface area contributed by atoms with Crippen LogP contribution in [-0.2, 0) is 11.2 Å². The van der Waals surface area contributed by atoms with Gasteiger partial charge in [-0.2, -0.15) is 0 Å². The molecule has 2 N–H and O–H groups in total. The van der Waals surface area contributed by atoms with Crippen LogP contribution in [0.15, 0.2) is 41.0 Å². The zero-order valence-corrected chi connectivity index (χ0v) is 18.1. The highest BCUT2D eigenvalue weighted by Gasteiger charge is 2.20. The summed E-state index contributed by atoms with van der Waals surface area (Å²) >= 11 is 0. The molecule has 0 aliphatic heterocycles. The van der Waals surface area contributed by atoms with Gasteiger partial charge in [0.1, 0.15) is 17.1 Å². The average Bonchev–Trinajstić information content (AvgIpc) is 2.60. The van der Waals surface area contributed by atoms with E-state index in [2.05, 4.69) is 32.9 Å². The number of phenols is 2. The number of esters is 1. The van der Waals surface area contributed by atoms with Crippen LogP contribution in [-0.4, -0.2) is 23.3 Å². The number of rotatable bonds is 9. The SMILES string of the molecule is COC(=O)c1c(C)cc(O)c(CC=C(C)CCC=C(C)CCC=C(C)C)c1O. The van der Waals surface area contributed by atoms with Gasteiger partial charge in [0, 0.05) is 5.56 Å². The summed E-state index contributed by atoms with van der Waals surface area (Å²) in [6, 6.07) is 1.49. The fourth-order valence-corrected chi connectivity index (χ4v) is 3.00. The number of phenolic OH excluding ortho intramolecular Hbond substituents is 2. The van der Waals surface area contributed by atoms with E-state index in [0.29, 0.717) is 17.5 Å². The number of carbonyl (C=O) groups excluding carboxylic acids is 1. The van der Waals surface area contributed by atoms with Crippen molar-refractivity contribution in [2.75, 3.05) is 7.11 Å². The molecular formula is C24H34O4. The lowest BCUT2D eigenvalue weighted by molar-refractivity contribution is 0.0596. The van der Waals surface area contributed by atoms with E-state index in [9.17, 15) is 15.0 Å². The molecular weight excluding hydrogens is 352 g/mol. The Labute approximate surface area is 169 Å². The molecule has 0 radical (unpaired) electrons. The minimum absolute atomic E-state index is 0.0123. The molecule has 0 bridgehead atoms. The van der Waals surface area contributed by atoms with Crippen molar-refractivity contribution in [3.63, 3.8) is 0 Å². The number of methoxy groups -OCH3 is 1. The third-order valence-electron chi connectivity index (χ3n) is 4.75. The highest BCUT2D eigenvalue weighted by molar-refractivity contribution is 5.95. The Kier molecular flexibility index (Phi) is 9.57. The number of aryl methyl sites for hydroxylation is 1. The van der Waals surface area contributed by atoms with Crippen molar-refractivity contribution in [2.24, 2.45) is 0 Å². The maximum absolute atomic E-state index is 11.9. The van der Waals surface area contributed by atoms with Crippen LogP contribution >= 0.6 is 0 Å². The van der Waals surface area contributed by atoms with Crippen molar-refractivity contribution in [1.82, 2.24) is 0 Å². The van der Waals surface area contributed by atoms with Gasteiger partial charge in [-0.1, -0.05) is 34.9 Å². The largest absolute Gasteiger partial charge is 0.508 e. The van der Waals surface area contributed by atoms with Gasteiger partial charge in [-0.3, -0.25) is 0 Å². The third-order valence-corrected chi connectivity index (χ3v) is 4.75. The molecule has 0 saturated carbocycles. The Morgan fingerprint density at radius 3 is 2.14 bits per heavy atom. The Hall–Kier alpha value is -2.49. The van der Waals surface area contributed by atoms with E-state index in [1.54, 1.807) is 6.92 Å². The molecule has 0 aliphatic carbocycles. The van der Waals surface area contributed by atoms with Crippen molar-refractivity contribution < 1.29 is 19.7 Å². The number of aromatic hydroxyl groups is 2. The first-order valence-corrected chi connectivity index (χ1v) is 9.74. The number of allylic oxidation sites excluding steroid dienone is 6. The Morgan fingerprint density at radius 2 is 1.57 bits per heavy atom. The van der Waals surface area contributed by atoms with Crippen molar-refractivity contribution in [3.8, 4) is 11.5 Å². The third kappa shape index (κ3) is 7.26. The van der Waals surface area contributed by atoms with E-state index < -0.39 is 5.97 Å². The molecule has 1 aromatic rings. The lowest BCUT2D eigenvalue weighted by Crippen LogP contribution is -2.06. The fraction of sp³-hybridized carbons (Fsp3) is 0.458. The first kappa shape index (κ1) is 23.5. The fourth-order valence-electron chi connectivity index (χ4n) is 3.00. The topological polar surface area (TPSA) is 66.8 Å². The zero-order chi connectivity index (χ0) is 21.3. The van der Waals surface area contributed by atoms with Crippen molar-refractivity contribution in [1.29, 1.82) is 0 Å². The molecule has 0 fully saturated rings. The maximum Gasteiger partial charge on any atom is 0.341 e. The van der Waals surface area contributed by atoms with E-state index in [1.165, 1.54) is 29.9 Å². The summed E-state index contributed by atoms with van der Waals surface area (Å²) in [6.07, 6.45) is 10.9. The van der Waals surface area contributed by atoms with E-state index in [1.807, 2.05) is 13.0 Å². The molecule has 0 aromatic heterocycles. The number of hydrogen-bond donors (Lipinski definition) is 2. The highest BCUT2D eigenvalue weighted by Crippen LogP contribution is 2.34. The van der Waals surface area contributed by atoms with Gasteiger partial charge >= 0.3 is 5.97 Å².